The summed E-state index contributed by atoms with van der Waals surface area (Å²) in [5.74, 6) is 0.488. The number of nitrogens with zero attached hydrogens (tertiary/aromatic N) is 2. The molecule has 1 heterocycles. The van der Waals surface area contributed by atoms with E-state index < -0.39 is 0 Å². The zero-order valence-corrected chi connectivity index (χ0v) is 7.75. The molecule has 15 heavy (non-hydrogen) atoms. The average Bonchev–Trinajstić information content (AvgIpc) is 2.69. The fourth-order valence-corrected chi connectivity index (χ4v) is 1.21. The number of phenolic OH excluding ortho intramolecular Hbond substituents is 1. The van der Waals surface area contributed by atoms with E-state index in [1.165, 1.54) is 0 Å². The molecule has 76 valence electrons. The van der Waals surface area contributed by atoms with Crippen LogP contribution in [0, 0.1) is 0 Å². The molecule has 0 bridgehead atoms. The molecule has 0 spiro atoms. The minimum Gasteiger partial charge on any atom is -0.508 e. The number of carbonyl (C=O) groups excluding carboxylic acids is 1. The molecule has 0 saturated carbocycles. The normalized spacial score (nSPS) is 10.1. The second-order valence-corrected chi connectivity index (χ2v) is 2.97. The zero-order valence-electron chi connectivity index (χ0n) is 7.75. The van der Waals surface area contributed by atoms with Gasteiger partial charge in [0, 0.05) is 5.56 Å². The van der Waals surface area contributed by atoms with E-state index >= 15 is 0 Å². The first kappa shape index (κ1) is 9.39. The maximum Gasteiger partial charge on any atom is 0.235 e. The topological polar surface area (TPSA) is 76.2 Å². The molecule has 2 rings (SSSR count). The van der Waals surface area contributed by atoms with Crippen LogP contribution in [0.5, 0.6) is 5.75 Å². The van der Waals surface area contributed by atoms with E-state index in [4.69, 9.17) is 4.52 Å². The molecule has 1 aromatic carbocycles. The van der Waals surface area contributed by atoms with E-state index in [-0.39, 0.29) is 11.6 Å². The standard InChI is InChI=1S/C10H8N2O3/c13-6-9-11-10(15-12-9)5-7-3-1-2-4-8(7)14/h1-4,6,14H,5H2. The molecule has 0 atom stereocenters. The molecule has 0 aliphatic rings. The predicted octanol–water partition coefficient (Wildman–Crippen LogP) is 1.18. The molecule has 1 aromatic heterocycles. The lowest BCUT2D eigenvalue weighted by Gasteiger charge is -1.99. The Morgan fingerprint density at radius 1 is 1.40 bits per heavy atom. The molecule has 0 aliphatic carbocycles. The smallest absolute Gasteiger partial charge is 0.235 e. The lowest BCUT2D eigenvalue weighted by Crippen LogP contribution is -1.89. The maximum atomic E-state index is 10.3. The number of aromatic hydroxyl groups is 1. The third kappa shape index (κ3) is 2.01. The summed E-state index contributed by atoms with van der Waals surface area (Å²) in [4.78, 5) is 14.1. The van der Waals surface area contributed by atoms with Crippen LogP contribution in [-0.2, 0) is 6.42 Å². The number of hydrogen-bond donors (Lipinski definition) is 1. The molecule has 0 amide bonds. The molecule has 0 saturated heterocycles. The van der Waals surface area contributed by atoms with Gasteiger partial charge in [0.2, 0.25) is 11.7 Å². The van der Waals surface area contributed by atoms with Gasteiger partial charge in [-0.05, 0) is 6.07 Å². The van der Waals surface area contributed by atoms with Gasteiger partial charge >= 0.3 is 0 Å². The molecule has 0 fully saturated rings. The number of para-hydroxylation sites is 1. The fraction of sp³-hybridized carbons (Fsp3) is 0.100. The summed E-state index contributed by atoms with van der Waals surface area (Å²) in [6.45, 7) is 0. The first-order valence-corrected chi connectivity index (χ1v) is 4.34. The number of aromatic nitrogens is 2. The van der Waals surface area contributed by atoms with Gasteiger partial charge < -0.3 is 9.63 Å². The maximum absolute atomic E-state index is 10.3. The minimum atomic E-state index is 0.0143. The number of benzene rings is 1. The van der Waals surface area contributed by atoms with Crippen molar-refractivity contribution in [2.75, 3.05) is 0 Å². The second kappa shape index (κ2) is 3.91. The summed E-state index contributed by atoms with van der Waals surface area (Å²) in [6, 6.07) is 6.85. The number of hydrogen-bond acceptors (Lipinski definition) is 5. The van der Waals surface area contributed by atoms with Crippen LogP contribution in [0.1, 0.15) is 22.1 Å². The van der Waals surface area contributed by atoms with Crippen molar-refractivity contribution >= 4 is 6.29 Å². The van der Waals surface area contributed by atoms with Crippen molar-refractivity contribution < 1.29 is 14.4 Å². The average molecular weight is 204 g/mol. The highest BCUT2D eigenvalue weighted by molar-refractivity contribution is 5.68. The van der Waals surface area contributed by atoms with E-state index in [0.29, 0.717) is 24.2 Å². The largest absolute Gasteiger partial charge is 0.508 e. The monoisotopic (exact) mass is 204 g/mol. The quantitative estimate of drug-likeness (QED) is 0.759. The van der Waals surface area contributed by atoms with Crippen LogP contribution < -0.4 is 0 Å². The number of carbonyl (C=O) groups is 1. The molecular formula is C10H8N2O3. The van der Waals surface area contributed by atoms with E-state index in [1.807, 2.05) is 0 Å². The van der Waals surface area contributed by atoms with E-state index in [1.54, 1.807) is 24.3 Å². The summed E-state index contributed by atoms with van der Waals surface area (Å²) in [6.07, 6.45) is 0.825. The molecule has 5 heteroatoms. The Bertz CT molecular complexity index is 479. The van der Waals surface area contributed by atoms with Gasteiger partial charge in [-0.15, -0.1) is 0 Å². The summed E-state index contributed by atoms with van der Waals surface area (Å²) in [5.41, 5.74) is 0.679. The molecule has 2 aromatic rings. The molecular weight excluding hydrogens is 196 g/mol. The Morgan fingerprint density at radius 3 is 2.87 bits per heavy atom. The Balaban J connectivity index is 2.22. The summed E-state index contributed by atoms with van der Waals surface area (Å²) < 4.78 is 4.81. The summed E-state index contributed by atoms with van der Waals surface area (Å²) in [5, 5.41) is 12.9. The molecule has 0 radical (unpaired) electrons. The third-order valence-corrected chi connectivity index (χ3v) is 1.92. The van der Waals surface area contributed by atoms with Crippen LogP contribution in [0.4, 0.5) is 0 Å². The van der Waals surface area contributed by atoms with E-state index in [0.717, 1.165) is 0 Å². The van der Waals surface area contributed by atoms with Crippen molar-refractivity contribution in [1.29, 1.82) is 0 Å². The van der Waals surface area contributed by atoms with Crippen LogP contribution in [-0.4, -0.2) is 21.5 Å². The van der Waals surface area contributed by atoms with Crippen LogP contribution in [0.2, 0.25) is 0 Å². The van der Waals surface area contributed by atoms with Gasteiger partial charge in [-0.1, -0.05) is 23.4 Å². The molecule has 0 aliphatic heterocycles. The van der Waals surface area contributed by atoms with Gasteiger partial charge in [-0.2, -0.15) is 4.98 Å². The Hall–Kier alpha value is -2.17. The number of phenols is 1. The van der Waals surface area contributed by atoms with Crippen LogP contribution in [0.15, 0.2) is 28.8 Å². The molecule has 5 nitrogen and oxygen atoms in total. The Kier molecular flexibility index (Phi) is 2.45. The van der Waals surface area contributed by atoms with Crippen LogP contribution in [0.25, 0.3) is 0 Å². The molecule has 0 unspecified atom stereocenters. The summed E-state index contributed by atoms with van der Waals surface area (Å²) >= 11 is 0. The third-order valence-electron chi connectivity index (χ3n) is 1.92. The molecule has 1 N–H and O–H groups in total. The van der Waals surface area contributed by atoms with Gasteiger partial charge in [0.05, 0.1) is 6.42 Å². The first-order valence-electron chi connectivity index (χ1n) is 4.34. The van der Waals surface area contributed by atoms with Crippen molar-refractivity contribution in [2.45, 2.75) is 6.42 Å². The lowest BCUT2D eigenvalue weighted by atomic mass is 10.1. The van der Waals surface area contributed by atoms with Gasteiger partial charge in [0.1, 0.15) is 5.75 Å². The number of rotatable bonds is 3. The highest BCUT2D eigenvalue weighted by Crippen LogP contribution is 2.18. The zero-order chi connectivity index (χ0) is 10.7. The van der Waals surface area contributed by atoms with Crippen LogP contribution in [0.3, 0.4) is 0 Å². The minimum absolute atomic E-state index is 0.0143. The SMILES string of the molecule is O=Cc1noc(Cc2ccccc2O)n1. The van der Waals surface area contributed by atoms with Crippen molar-refractivity contribution in [3.63, 3.8) is 0 Å². The van der Waals surface area contributed by atoms with Gasteiger partial charge in [-0.3, -0.25) is 4.79 Å². The highest BCUT2D eigenvalue weighted by atomic mass is 16.5. The summed E-state index contributed by atoms with van der Waals surface area (Å²) in [7, 11) is 0. The lowest BCUT2D eigenvalue weighted by molar-refractivity contribution is 0.111. The fourth-order valence-electron chi connectivity index (χ4n) is 1.21. The predicted molar refractivity (Wildman–Crippen MR) is 50.6 cm³/mol. The number of aldehydes is 1. The van der Waals surface area contributed by atoms with Crippen molar-refractivity contribution in [1.82, 2.24) is 10.1 Å². The van der Waals surface area contributed by atoms with Crippen LogP contribution >= 0.6 is 0 Å². The Labute approximate surface area is 85.4 Å². The highest BCUT2D eigenvalue weighted by Gasteiger charge is 2.08. The van der Waals surface area contributed by atoms with Gasteiger partial charge in [0.25, 0.3) is 0 Å². The first-order chi connectivity index (χ1) is 7.29. The Morgan fingerprint density at radius 2 is 2.20 bits per heavy atom. The van der Waals surface area contributed by atoms with Gasteiger partial charge in [0.15, 0.2) is 6.29 Å². The van der Waals surface area contributed by atoms with E-state index in [9.17, 15) is 9.90 Å². The van der Waals surface area contributed by atoms with Crippen molar-refractivity contribution in [3.8, 4) is 5.75 Å². The van der Waals surface area contributed by atoms with Crippen molar-refractivity contribution in [3.05, 3.63) is 41.5 Å². The second-order valence-electron chi connectivity index (χ2n) is 2.97. The van der Waals surface area contributed by atoms with Gasteiger partial charge in [-0.25, -0.2) is 0 Å². The van der Waals surface area contributed by atoms with Crippen molar-refractivity contribution in [2.24, 2.45) is 0 Å². The van der Waals surface area contributed by atoms with E-state index in [2.05, 4.69) is 10.1 Å².